The highest BCUT2D eigenvalue weighted by molar-refractivity contribution is 5.92. The Morgan fingerprint density at radius 1 is 0.778 bits per heavy atom. The first-order valence-electron chi connectivity index (χ1n) is 16.6. The summed E-state index contributed by atoms with van der Waals surface area (Å²) in [6, 6.07) is 33.3. The van der Waals surface area contributed by atoms with Gasteiger partial charge in [0.1, 0.15) is 11.9 Å². The van der Waals surface area contributed by atoms with Crippen molar-refractivity contribution in [3.8, 4) is 5.75 Å². The summed E-state index contributed by atoms with van der Waals surface area (Å²) in [4.78, 5) is 12.3. The molecule has 3 heteroatoms. The molecule has 45 heavy (non-hydrogen) atoms. The number of ether oxygens (including phenoxy) is 1. The van der Waals surface area contributed by atoms with Crippen LogP contribution in [0.5, 0.6) is 5.75 Å². The highest BCUT2D eigenvalue weighted by Crippen LogP contribution is 2.46. The predicted molar refractivity (Wildman–Crippen MR) is 188 cm³/mol. The fraction of sp³-hybridized carbons (Fsp3) is 0.357. The van der Waals surface area contributed by atoms with Gasteiger partial charge in [-0.3, -0.25) is 4.79 Å². The molecule has 1 N–H and O–H groups in total. The average Bonchev–Trinajstić information content (AvgIpc) is 3.54. The monoisotopic (exact) mass is 600 g/mol. The Labute approximate surface area is 269 Å². The van der Waals surface area contributed by atoms with E-state index < -0.39 is 5.41 Å². The fourth-order valence-corrected chi connectivity index (χ4v) is 6.47. The molecule has 0 saturated carbocycles. The van der Waals surface area contributed by atoms with Crippen LogP contribution < -0.4 is 0 Å². The van der Waals surface area contributed by atoms with E-state index >= 15 is 0 Å². The average molecular weight is 601 g/mol. The lowest BCUT2D eigenvalue weighted by Crippen LogP contribution is -2.27. The molecular weight excluding hydrogens is 552 g/mol. The normalized spacial score (nSPS) is 18.5. The van der Waals surface area contributed by atoms with Crippen LogP contribution in [0, 0.1) is 5.41 Å². The van der Waals surface area contributed by atoms with Crippen LogP contribution >= 0.6 is 0 Å². The molecule has 0 fully saturated rings. The summed E-state index contributed by atoms with van der Waals surface area (Å²) in [5.74, 6) is 2.19. The molecule has 0 radical (unpaired) electrons. The van der Waals surface area contributed by atoms with Crippen molar-refractivity contribution in [3.05, 3.63) is 125 Å². The van der Waals surface area contributed by atoms with Gasteiger partial charge in [-0.1, -0.05) is 120 Å². The number of carbonyl (C=O) groups is 1. The van der Waals surface area contributed by atoms with E-state index in [1.165, 1.54) is 43.8 Å². The third kappa shape index (κ3) is 6.64. The molecule has 0 aliphatic heterocycles. The molecule has 0 aromatic heterocycles. The van der Waals surface area contributed by atoms with Crippen molar-refractivity contribution in [2.24, 2.45) is 5.41 Å². The first kappa shape index (κ1) is 32.3. The molecule has 4 atom stereocenters. The maximum atomic E-state index is 12.3. The quantitative estimate of drug-likeness (QED) is 0.204. The second-order valence-corrected chi connectivity index (χ2v) is 13.5. The number of carbonyl (C=O) groups excluding carboxylic acids is 1. The van der Waals surface area contributed by atoms with Gasteiger partial charge in [-0.2, -0.15) is 0 Å². The van der Waals surface area contributed by atoms with Crippen LogP contribution in [0.15, 0.2) is 97.1 Å². The van der Waals surface area contributed by atoms with E-state index in [0.29, 0.717) is 23.5 Å². The smallest absolute Gasteiger partial charge is 0.312 e. The van der Waals surface area contributed by atoms with Crippen molar-refractivity contribution in [2.75, 3.05) is 0 Å². The van der Waals surface area contributed by atoms with Crippen molar-refractivity contribution < 1.29 is 14.6 Å². The van der Waals surface area contributed by atoms with Gasteiger partial charge in [0, 0.05) is 12.0 Å². The predicted octanol–water partition coefficient (Wildman–Crippen LogP) is 11.4. The zero-order chi connectivity index (χ0) is 32.3. The van der Waals surface area contributed by atoms with Crippen LogP contribution in [0.2, 0.25) is 0 Å². The molecule has 0 saturated heterocycles. The summed E-state index contributed by atoms with van der Waals surface area (Å²) in [6.07, 6.45) is 2.59. The Balaban J connectivity index is 0.000000140. The van der Waals surface area contributed by atoms with Gasteiger partial charge < -0.3 is 9.84 Å². The number of aromatic hydroxyl groups is 1. The molecule has 4 unspecified atom stereocenters. The van der Waals surface area contributed by atoms with Crippen molar-refractivity contribution in [3.63, 3.8) is 0 Å². The van der Waals surface area contributed by atoms with Gasteiger partial charge in [-0.15, -0.1) is 0 Å². The molecule has 0 amide bonds. The number of phenols is 1. The number of esters is 1. The fourth-order valence-electron chi connectivity index (χ4n) is 6.47. The minimum Gasteiger partial charge on any atom is -0.508 e. The topological polar surface area (TPSA) is 46.5 Å². The molecule has 0 bridgehead atoms. The second-order valence-electron chi connectivity index (χ2n) is 13.5. The maximum Gasteiger partial charge on any atom is 0.312 e. The number of rotatable bonds is 5. The van der Waals surface area contributed by atoms with Gasteiger partial charge in [0.05, 0.1) is 5.41 Å². The van der Waals surface area contributed by atoms with Crippen molar-refractivity contribution in [1.29, 1.82) is 0 Å². The lowest BCUT2D eigenvalue weighted by Gasteiger charge is -2.23. The van der Waals surface area contributed by atoms with E-state index in [1.807, 2.05) is 39.0 Å². The van der Waals surface area contributed by atoms with Gasteiger partial charge in [0.25, 0.3) is 0 Å². The standard InChI is InChI=1S/C18H20O2.C14H14.C10H14O/c1-4-18(2,3)17(19)20-15-11-13-9-5-7-12-8-6-10-14(15)16(12)13;1-9-10(2)13-8-4-6-11-5-3-7-12(9)14(11)13;1-3-8(2)9-4-6-10(11)7-5-9/h5-10,15H,4,11H2,1-3H3;3-10H,1-2H3;4-8,11H,3H2,1-2H3. The minimum atomic E-state index is -0.414. The van der Waals surface area contributed by atoms with Crippen molar-refractivity contribution >= 4 is 27.5 Å². The van der Waals surface area contributed by atoms with Crippen LogP contribution in [-0.4, -0.2) is 11.1 Å². The largest absolute Gasteiger partial charge is 0.508 e. The summed E-state index contributed by atoms with van der Waals surface area (Å²) in [6.45, 7) is 14.9. The summed E-state index contributed by atoms with van der Waals surface area (Å²) >= 11 is 0. The third-order valence-corrected chi connectivity index (χ3v) is 10.2. The number of phenolic OH excluding ortho intramolecular Hbond substituents is 1. The van der Waals surface area contributed by atoms with Crippen molar-refractivity contribution in [2.45, 2.75) is 91.6 Å². The van der Waals surface area contributed by atoms with Gasteiger partial charge in [0.2, 0.25) is 0 Å². The number of hydrogen-bond acceptors (Lipinski definition) is 3. The summed E-state index contributed by atoms with van der Waals surface area (Å²) in [5, 5.41) is 14.4. The second kappa shape index (κ2) is 13.5. The van der Waals surface area contributed by atoms with E-state index in [2.05, 4.69) is 94.4 Å². The van der Waals surface area contributed by atoms with Crippen molar-refractivity contribution in [1.82, 2.24) is 0 Å². The zero-order valence-electron chi connectivity index (χ0n) is 27.9. The highest BCUT2D eigenvalue weighted by Gasteiger charge is 2.33. The molecule has 2 aliphatic carbocycles. The number of benzene rings is 5. The van der Waals surface area contributed by atoms with Gasteiger partial charge in [0.15, 0.2) is 0 Å². The molecule has 2 aliphatic rings. The molecule has 3 nitrogen and oxygen atoms in total. The van der Waals surface area contributed by atoms with Gasteiger partial charge in [-0.25, -0.2) is 0 Å². The van der Waals surface area contributed by atoms with Crippen LogP contribution in [0.25, 0.3) is 21.5 Å². The lowest BCUT2D eigenvalue weighted by molar-refractivity contribution is -0.160. The number of hydrogen-bond donors (Lipinski definition) is 1. The van der Waals surface area contributed by atoms with Crippen LogP contribution in [0.4, 0.5) is 0 Å². The lowest BCUT2D eigenvalue weighted by atomic mass is 9.90. The zero-order valence-corrected chi connectivity index (χ0v) is 27.9. The Bertz CT molecular complexity index is 1730. The van der Waals surface area contributed by atoms with E-state index in [0.717, 1.165) is 24.8 Å². The van der Waals surface area contributed by atoms with Crippen LogP contribution in [0.3, 0.4) is 0 Å². The summed E-state index contributed by atoms with van der Waals surface area (Å²) in [5.41, 5.74) is 6.38. The maximum absolute atomic E-state index is 12.3. The Hall–Kier alpha value is -4.11. The molecule has 7 rings (SSSR count). The summed E-state index contributed by atoms with van der Waals surface area (Å²) in [7, 11) is 0. The SMILES string of the molecule is CC1c2cccc3cccc(c23)C1C.CCC(C)(C)C(=O)OC1Cc2cccc3cccc1c23.CCC(C)c1ccc(O)cc1. The van der Waals surface area contributed by atoms with Gasteiger partial charge in [-0.05, 0) is 100 Å². The molecule has 0 spiro atoms. The summed E-state index contributed by atoms with van der Waals surface area (Å²) < 4.78 is 5.80. The highest BCUT2D eigenvalue weighted by atomic mass is 16.5. The van der Waals surface area contributed by atoms with Crippen LogP contribution in [0.1, 0.15) is 113 Å². The van der Waals surface area contributed by atoms with Crippen LogP contribution in [-0.2, 0) is 16.0 Å². The van der Waals surface area contributed by atoms with E-state index in [9.17, 15) is 4.79 Å². The Kier molecular flexibility index (Phi) is 9.68. The molecule has 5 aromatic rings. The Morgan fingerprint density at radius 2 is 1.29 bits per heavy atom. The first-order chi connectivity index (χ1) is 21.6. The minimum absolute atomic E-state index is 0.102. The molecule has 234 valence electrons. The molecular formula is C42H48O3. The van der Waals surface area contributed by atoms with E-state index in [1.54, 1.807) is 12.1 Å². The van der Waals surface area contributed by atoms with E-state index in [-0.39, 0.29) is 12.1 Å². The molecule has 5 aromatic carbocycles. The first-order valence-corrected chi connectivity index (χ1v) is 16.6. The Morgan fingerprint density at radius 3 is 1.82 bits per heavy atom. The van der Waals surface area contributed by atoms with E-state index in [4.69, 9.17) is 9.84 Å². The third-order valence-electron chi connectivity index (χ3n) is 10.2. The molecule has 0 heterocycles. The van der Waals surface area contributed by atoms with Gasteiger partial charge >= 0.3 is 5.97 Å².